The van der Waals surface area contributed by atoms with Gasteiger partial charge in [0.05, 0.1) is 0 Å². The van der Waals surface area contributed by atoms with Gasteiger partial charge in [-0.05, 0) is 30.7 Å². The van der Waals surface area contributed by atoms with Gasteiger partial charge in [-0.3, -0.25) is 0 Å². The first-order valence-corrected chi connectivity index (χ1v) is 6.57. The highest BCUT2D eigenvalue weighted by molar-refractivity contribution is 7.10. The first-order chi connectivity index (χ1) is 6.90. The van der Waals surface area contributed by atoms with Crippen LogP contribution in [-0.2, 0) is 0 Å². The maximum atomic E-state index is 3.78. The Balaban J connectivity index is 1.93. The van der Waals surface area contributed by atoms with Crippen molar-refractivity contribution in [3.8, 4) is 0 Å². The van der Waals surface area contributed by atoms with E-state index >= 15 is 0 Å². The van der Waals surface area contributed by atoms with Crippen molar-refractivity contribution >= 4 is 11.3 Å². The summed E-state index contributed by atoms with van der Waals surface area (Å²) in [6.07, 6.45) is 6.79. The number of rotatable bonds is 4. The Kier molecular flexibility index (Phi) is 3.60. The van der Waals surface area contributed by atoms with E-state index in [1.54, 1.807) is 0 Å². The van der Waals surface area contributed by atoms with Crippen molar-refractivity contribution < 1.29 is 0 Å². The molecule has 2 heteroatoms. The number of nitrogens with one attached hydrogen (secondary N) is 1. The second-order valence-electron chi connectivity index (χ2n) is 4.12. The first kappa shape index (κ1) is 10.2. The van der Waals surface area contributed by atoms with Gasteiger partial charge in [-0.25, -0.2) is 0 Å². The largest absolute Gasteiger partial charge is 0.306 e. The molecule has 1 nitrogen and oxygen atoms in total. The van der Waals surface area contributed by atoms with Crippen LogP contribution in [-0.4, -0.2) is 6.04 Å². The molecule has 0 aromatic carbocycles. The molecule has 0 radical (unpaired) electrons. The molecule has 2 rings (SSSR count). The van der Waals surface area contributed by atoms with Crippen LogP contribution in [0.15, 0.2) is 17.5 Å². The molecule has 14 heavy (non-hydrogen) atoms. The fourth-order valence-electron chi connectivity index (χ4n) is 2.27. The normalized spacial score (nSPS) is 20.1. The molecule has 0 saturated heterocycles. The van der Waals surface area contributed by atoms with E-state index in [1.165, 1.54) is 37.0 Å². The predicted octanol–water partition coefficient (Wildman–Crippen LogP) is 3.73. The lowest BCUT2D eigenvalue weighted by molar-refractivity contribution is 0.435. The molecule has 1 aromatic rings. The van der Waals surface area contributed by atoms with Gasteiger partial charge in [-0.2, -0.15) is 0 Å². The van der Waals surface area contributed by atoms with Crippen LogP contribution in [0, 0.1) is 0 Å². The first-order valence-electron chi connectivity index (χ1n) is 5.69. The average Bonchev–Trinajstić information content (AvgIpc) is 2.86. The van der Waals surface area contributed by atoms with E-state index in [9.17, 15) is 0 Å². The molecular weight excluding hydrogens is 190 g/mol. The summed E-state index contributed by atoms with van der Waals surface area (Å²) in [6.45, 7) is 2.27. The second kappa shape index (κ2) is 4.94. The minimum absolute atomic E-state index is 0.595. The van der Waals surface area contributed by atoms with Crippen LogP contribution in [0.5, 0.6) is 0 Å². The summed E-state index contributed by atoms with van der Waals surface area (Å²) in [5.74, 6) is 0. The second-order valence-corrected chi connectivity index (χ2v) is 5.10. The van der Waals surface area contributed by atoms with E-state index in [4.69, 9.17) is 0 Å². The predicted molar refractivity (Wildman–Crippen MR) is 62.7 cm³/mol. The smallest absolute Gasteiger partial charge is 0.0414 e. The van der Waals surface area contributed by atoms with Crippen LogP contribution < -0.4 is 5.32 Å². The van der Waals surface area contributed by atoms with E-state index in [-0.39, 0.29) is 0 Å². The quantitative estimate of drug-likeness (QED) is 0.796. The van der Waals surface area contributed by atoms with Crippen molar-refractivity contribution in [1.82, 2.24) is 5.32 Å². The molecule has 1 aliphatic carbocycles. The third-order valence-corrected chi connectivity index (χ3v) is 4.07. The summed E-state index contributed by atoms with van der Waals surface area (Å²) in [7, 11) is 0. The standard InChI is InChI=1S/C12H19NS/c1-2-11(12-8-5-9-14-12)13-10-6-3-4-7-10/h5,8-11,13H,2-4,6-7H2,1H3. The molecule has 0 aliphatic heterocycles. The van der Waals surface area contributed by atoms with E-state index in [0.29, 0.717) is 6.04 Å². The Morgan fingerprint density at radius 3 is 2.86 bits per heavy atom. The Hall–Kier alpha value is -0.340. The lowest BCUT2D eigenvalue weighted by Gasteiger charge is -2.20. The van der Waals surface area contributed by atoms with Crippen molar-refractivity contribution in [3.05, 3.63) is 22.4 Å². The van der Waals surface area contributed by atoms with Crippen molar-refractivity contribution in [2.45, 2.75) is 51.1 Å². The topological polar surface area (TPSA) is 12.0 Å². The summed E-state index contributed by atoms with van der Waals surface area (Å²) >= 11 is 1.88. The molecular formula is C12H19NS. The summed E-state index contributed by atoms with van der Waals surface area (Å²) in [5, 5.41) is 5.95. The summed E-state index contributed by atoms with van der Waals surface area (Å²) < 4.78 is 0. The molecule has 1 aliphatic rings. The molecule has 1 unspecified atom stereocenters. The lowest BCUT2D eigenvalue weighted by atomic mass is 10.1. The van der Waals surface area contributed by atoms with E-state index < -0.39 is 0 Å². The highest BCUT2D eigenvalue weighted by Crippen LogP contribution is 2.26. The van der Waals surface area contributed by atoms with E-state index in [2.05, 4.69) is 29.8 Å². The molecule has 1 atom stereocenters. The summed E-state index contributed by atoms with van der Waals surface area (Å²) in [5.41, 5.74) is 0. The molecule has 0 spiro atoms. The molecule has 1 fully saturated rings. The molecule has 78 valence electrons. The monoisotopic (exact) mass is 209 g/mol. The van der Waals surface area contributed by atoms with Crippen LogP contribution in [0.4, 0.5) is 0 Å². The highest BCUT2D eigenvalue weighted by atomic mass is 32.1. The molecule has 1 saturated carbocycles. The number of hydrogen-bond acceptors (Lipinski definition) is 2. The van der Waals surface area contributed by atoms with Crippen molar-refractivity contribution in [1.29, 1.82) is 0 Å². The van der Waals surface area contributed by atoms with Crippen LogP contribution in [0.25, 0.3) is 0 Å². The lowest BCUT2D eigenvalue weighted by Crippen LogP contribution is -2.29. The van der Waals surface area contributed by atoms with Gasteiger partial charge in [-0.1, -0.05) is 25.8 Å². The zero-order valence-electron chi connectivity index (χ0n) is 8.83. The van der Waals surface area contributed by atoms with Gasteiger partial charge < -0.3 is 5.32 Å². The highest BCUT2D eigenvalue weighted by Gasteiger charge is 2.19. The summed E-state index contributed by atoms with van der Waals surface area (Å²) in [6, 6.07) is 5.78. The van der Waals surface area contributed by atoms with Gasteiger partial charge in [0.2, 0.25) is 0 Å². The minimum atomic E-state index is 0.595. The maximum Gasteiger partial charge on any atom is 0.0414 e. The van der Waals surface area contributed by atoms with Gasteiger partial charge in [0.15, 0.2) is 0 Å². The van der Waals surface area contributed by atoms with Crippen LogP contribution in [0.1, 0.15) is 49.9 Å². The van der Waals surface area contributed by atoms with Crippen LogP contribution in [0.2, 0.25) is 0 Å². The van der Waals surface area contributed by atoms with Gasteiger partial charge in [0.25, 0.3) is 0 Å². The van der Waals surface area contributed by atoms with Crippen LogP contribution >= 0.6 is 11.3 Å². The zero-order valence-corrected chi connectivity index (χ0v) is 9.65. The van der Waals surface area contributed by atoms with Crippen molar-refractivity contribution in [2.24, 2.45) is 0 Å². The number of thiophene rings is 1. The Bertz CT molecular complexity index is 249. The van der Waals surface area contributed by atoms with Crippen LogP contribution in [0.3, 0.4) is 0 Å². The van der Waals surface area contributed by atoms with Gasteiger partial charge in [0, 0.05) is 17.0 Å². The zero-order chi connectivity index (χ0) is 9.80. The maximum absolute atomic E-state index is 3.78. The van der Waals surface area contributed by atoms with Crippen molar-refractivity contribution in [2.75, 3.05) is 0 Å². The number of hydrogen-bond donors (Lipinski definition) is 1. The van der Waals surface area contributed by atoms with Gasteiger partial charge in [0.1, 0.15) is 0 Å². The minimum Gasteiger partial charge on any atom is -0.306 e. The third kappa shape index (κ3) is 2.37. The Morgan fingerprint density at radius 2 is 2.29 bits per heavy atom. The van der Waals surface area contributed by atoms with Gasteiger partial charge in [-0.15, -0.1) is 11.3 Å². The fourth-order valence-corrected chi connectivity index (χ4v) is 3.14. The molecule has 0 amide bonds. The Labute approximate surface area is 90.5 Å². The Morgan fingerprint density at radius 1 is 1.50 bits per heavy atom. The third-order valence-electron chi connectivity index (χ3n) is 3.09. The molecule has 0 bridgehead atoms. The van der Waals surface area contributed by atoms with Gasteiger partial charge >= 0.3 is 0 Å². The molecule has 1 N–H and O–H groups in total. The molecule has 1 aromatic heterocycles. The molecule has 1 heterocycles. The summed E-state index contributed by atoms with van der Waals surface area (Å²) in [4.78, 5) is 1.50. The van der Waals surface area contributed by atoms with Crippen molar-refractivity contribution in [3.63, 3.8) is 0 Å². The van der Waals surface area contributed by atoms with E-state index in [1.807, 2.05) is 11.3 Å². The average molecular weight is 209 g/mol. The van der Waals surface area contributed by atoms with E-state index in [0.717, 1.165) is 6.04 Å². The fraction of sp³-hybridized carbons (Fsp3) is 0.667. The SMILES string of the molecule is CCC(NC1CCCC1)c1cccs1.